The van der Waals surface area contributed by atoms with Crippen molar-refractivity contribution in [1.29, 1.82) is 0 Å². The number of hydrogen-bond acceptors (Lipinski definition) is 3. The van der Waals surface area contributed by atoms with Crippen molar-refractivity contribution in [3.8, 4) is 0 Å². The molecule has 0 spiro atoms. The summed E-state index contributed by atoms with van der Waals surface area (Å²) in [5, 5.41) is 0. The summed E-state index contributed by atoms with van der Waals surface area (Å²) in [5.41, 5.74) is -0.181. The third kappa shape index (κ3) is 2.30. The fourth-order valence-corrected chi connectivity index (χ4v) is 2.33. The topological polar surface area (TPSA) is 35.5 Å². The van der Waals surface area contributed by atoms with E-state index in [1.807, 2.05) is 20.8 Å². The largest absolute Gasteiger partial charge is 0.513 e. The fourth-order valence-electron chi connectivity index (χ4n) is 1.44. The van der Waals surface area contributed by atoms with Crippen molar-refractivity contribution in [3.05, 3.63) is 0 Å². The average molecular weight is 210 g/mol. The molecule has 1 heterocycles. The predicted molar refractivity (Wildman–Crippen MR) is 48.2 cm³/mol. The second-order valence-electron chi connectivity index (χ2n) is 3.85. The van der Waals surface area contributed by atoms with Crippen molar-refractivity contribution >= 4 is 7.91 Å². The van der Waals surface area contributed by atoms with Gasteiger partial charge in [-0.25, -0.2) is 4.57 Å². The van der Waals surface area contributed by atoms with E-state index in [9.17, 15) is 8.76 Å². The lowest BCUT2D eigenvalue weighted by Gasteiger charge is -2.39. The van der Waals surface area contributed by atoms with Crippen LogP contribution >= 0.6 is 7.91 Å². The molecule has 0 N–H and O–H groups in total. The summed E-state index contributed by atoms with van der Waals surface area (Å²) in [6, 6.07) is 0. The highest BCUT2D eigenvalue weighted by Crippen LogP contribution is 2.56. The van der Waals surface area contributed by atoms with Gasteiger partial charge in [0, 0.05) is 5.41 Å². The van der Waals surface area contributed by atoms with Gasteiger partial charge in [-0.2, -0.15) is 0 Å². The Hall–Kier alpha value is 0.0800. The molecule has 0 aliphatic carbocycles. The summed E-state index contributed by atoms with van der Waals surface area (Å²) in [4.78, 5) is 0. The molecule has 3 nitrogen and oxygen atoms in total. The van der Waals surface area contributed by atoms with Gasteiger partial charge in [0.15, 0.2) is 0 Å². The Balaban J connectivity index is 2.69. The first kappa shape index (κ1) is 11.2. The van der Waals surface area contributed by atoms with Crippen molar-refractivity contribution in [3.63, 3.8) is 0 Å². The molecule has 1 aliphatic rings. The van der Waals surface area contributed by atoms with Gasteiger partial charge in [-0.3, -0.25) is 9.05 Å². The minimum atomic E-state index is -4.22. The molecule has 5 heteroatoms. The minimum Gasteiger partial charge on any atom is -0.283 e. The van der Waals surface area contributed by atoms with Crippen molar-refractivity contribution < 1.29 is 17.8 Å². The van der Waals surface area contributed by atoms with Crippen LogP contribution in [0.2, 0.25) is 0 Å². The van der Waals surface area contributed by atoms with E-state index in [4.69, 9.17) is 0 Å². The molecule has 0 unspecified atom stereocenters. The number of hydrogen-bond donors (Lipinski definition) is 0. The van der Waals surface area contributed by atoms with Gasteiger partial charge in [0.1, 0.15) is 0 Å². The highest BCUT2D eigenvalue weighted by Gasteiger charge is 2.43. The molecule has 78 valence electrons. The minimum absolute atomic E-state index is 0.181. The molecule has 0 bridgehead atoms. The van der Waals surface area contributed by atoms with Gasteiger partial charge in [0.2, 0.25) is 0 Å². The molecule has 0 saturated carbocycles. The molecule has 1 rings (SSSR count). The normalized spacial score (nSPS) is 41.0. The summed E-state index contributed by atoms with van der Waals surface area (Å²) in [5.74, 6) is 0.331. The number of halogens is 1. The maximum absolute atomic E-state index is 12.7. The first-order chi connectivity index (χ1) is 5.92. The van der Waals surface area contributed by atoms with Crippen LogP contribution in [0.4, 0.5) is 4.20 Å². The molecular weight excluding hydrogens is 194 g/mol. The van der Waals surface area contributed by atoms with Gasteiger partial charge in [-0.05, 0) is 12.3 Å². The molecule has 0 aromatic rings. The Kier molecular flexibility index (Phi) is 3.16. The van der Waals surface area contributed by atoms with Crippen LogP contribution in [-0.4, -0.2) is 13.2 Å². The SMILES string of the molecule is CCC1(C(C)C)COP(=O)(F)OC1. The Morgan fingerprint density at radius 1 is 1.46 bits per heavy atom. The van der Waals surface area contributed by atoms with Gasteiger partial charge in [-0.1, -0.05) is 20.8 Å². The standard InChI is InChI=1S/C8H16FO3P/c1-4-8(7(2)3)5-11-13(9,10)12-6-8/h7H,4-6H2,1-3H3. The third-order valence-electron chi connectivity index (χ3n) is 2.94. The molecule has 0 aromatic heterocycles. The lowest BCUT2D eigenvalue weighted by molar-refractivity contribution is -0.0273. The molecule has 0 amide bonds. The average Bonchev–Trinajstić information content (AvgIpc) is 2.05. The van der Waals surface area contributed by atoms with Gasteiger partial charge in [0.25, 0.3) is 0 Å². The van der Waals surface area contributed by atoms with Gasteiger partial charge >= 0.3 is 7.91 Å². The third-order valence-corrected chi connectivity index (χ3v) is 3.82. The molecule has 13 heavy (non-hydrogen) atoms. The Bertz CT molecular complexity index is 217. The van der Waals surface area contributed by atoms with Gasteiger partial charge in [0.05, 0.1) is 13.2 Å². The zero-order valence-electron chi connectivity index (χ0n) is 8.25. The maximum Gasteiger partial charge on any atom is 0.513 e. The molecule has 1 aliphatic heterocycles. The lowest BCUT2D eigenvalue weighted by Crippen LogP contribution is -2.39. The highest BCUT2D eigenvalue weighted by molar-refractivity contribution is 7.48. The predicted octanol–water partition coefficient (Wildman–Crippen LogP) is 3.16. The summed E-state index contributed by atoms with van der Waals surface area (Å²) in [6.07, 6.45) is 0.838. The molecule has 0 radical (unpaired) electrons. The van der Waals surface area contributed by atoms with E-state index >= 15 is 0 Å². The van der Waals surface area contributed by atoms with E-state index in [1.165, 1.54) is 0 Å². The molecule has 1 fully saturated rings. The monoisotopic (exact) mass is 210 g/mol. The summed E-state index contributed by atoms with van der Waals surface area (Å²) < 4.78 is 32.7. The molecular formula is C8H16FO3P. The molecule has 0 atom stereocenters. The van der Waals surface area contributed by atoms with Crippen LogP contribution in [0.5, 0.6) is 0 Å². The van der Waals surface area contributed by atoms with Gasteiger partial charge in [-0.15, -0.1) is 4.20 Å². The Morgan fingerprint density at radius 2 is 1.92 bits per heavy atom. The van der Waals surface area contributed by atoms with E-state index in [0.717, 1.165) is 6.42 Å². The Morgan fingerprint density at radius 3 is 2.23 bits per heavy atom. The van der Waals surface area contributed by atoms with Crippen molar-refractivity contribution in [1.82, 2.24) is 0 Å². The van der Waals surface area contributed by atoms with Crippen molar-refractivity contribution in [2.75, 3.05) is 13.2 Å². The smallest absolute Gasteiger partial charge is 0.283 e. The molecule has 1 saturated heterocycles. The Labute approximate surface area is 78.3 Å². The van der Waals surface area contributed by atoms with Gasteiger partial charge < -0.3 is 0 Å². The second-order valence-corrected chi connectivity index (χ2v) is 5.23. The lowest BCUT2D eigenvalue weighted by atomic mass is 9.76. The first-order valence-electron chi connectivity index (χ1n) is 4.51. The van der Waals surface area contributed by atoms with Crippen molar-refractivity contribution in [2.45, 2.75) is 27.2 Å². The number of rotatable bonds is 2. The molecule has 0 aromatic carbocycles. The van der Waals surface area contributed by atoms with E-state index in [0.29, 0.717) is 5.92 Å². The van der Waals surface area contributed by atoms with Crippen LogP contribution in [0.25, 0.3) is 0 Å². The zero-order valence-corrected chi connectivity index (χ0v) is 9.14. The van der Waals surface area contributed by atoms with E-state index in [-0.39, 0.29) is 18.6 Å². The van der Waals surface area contributed by atoms with Crippen LogP contribution in [0.15, 0.2) is 0 Å². The highest BCUT2D eigenvalue weighted by atomic mass is 31.2. The summed E-state index contributed by atoms with van der Waals surface area (Å²) >= 11 is 0. The summed E-state index contributed by atoms with van der Waals surface area (Å²) in [7, 11) is -4.22. The fraction of sp³-hybridized carbons (Fsp3) is 1.00. The van der Waals surface area contributed by atoms with Crippen molar-refractivity contribution in [2.24, 2.45) is 11.3 Å². The van der Waals surface area contributed by atoms with E-state index in [1.54, 1.807) is 0 Å². The van der Waals surface area contributed by atoms with Crippen LogP contribution in [-0.2, 0) is 13.6 Å². The zero-order chi connectivity index (χ0) is 10.1. The van der Waals surface area contributed by atoms with E-state index in [2.05, 4.69) is 9.05 Å². The van der Waals surface area contributed by atoms with E-state index < -0.39 is 7.91 Å². The maximum atomic E-state index is 12.7. The van der Waals surface area contributed by atoms with Crippen LogP contribution in [0.1, 0.15) is 27.2 Å². The second kappa shape index (κ2) is 3.68. The van der Waals surface area contributed by atoms with Crippen LogP contribution < -0.4 is 0 Å². The quantitative estimate of drug-likeness (QED) is 0.656. The van der Waals surface area contributed by atoms with Crippen LogP contribution in [0, 0.1) is 11.3 Å². The van der Waals surface area contributed by atoms with Crippen LogP contribution in [0.3, 0.4) is 0 Å². The summed E-state index contributed by atoms with van der Waals surface area (Å²) in [6.45, 7) is 6.44. The first-order valence-corrected chi connectivity index (χ1v) is 5.94.